The zero-order valence-electron chi connectivity index (χ0n) is 7.39. The molecule has 2 heteroatoms. The maximum atomic E-state index is 8.50. The smallest absolute Gasteiger partial charge is 0.0666 e. The van der Waals surface area contributed by atoms with Crippen LogP contribution in [-0.2, 0) is 0 Å². The highest BCUT2D eigenvalue weighted by Crippen LogP contribution is 1.94. The summed E-state index contributed by atoms with van der Waals surface area (Å²) in [7, 11) is 1.97. The van der Waals surface area contributed by atoms with E-state index in [9.17, 15) is 0 Å². The number of nitriles is 1. The quantitative estimate of drug-likeness (QED) is 0.563. The minimum absolute atomic E-state index is 0.0960. The number of hydrogen-bond acceptors (Lipinski definition) is 2. The molecule has 0 radical (unpaired) electrons. The number of nitrogens with zero attached hydrogens (tertiary/aromatic N) is 2. The first-order chi connectivity index (χ1) is 5.20. The number of hydrogen-bond donors (Lipinski definition) is 0. The van der Waals surface area contributed by atoms with Crippen molar-refractivity contribution in [1.29, 1.82) is 5.26 Å². The molecule has 0 N–H and O–H groups in total. The predicted molar refractivity (Wildman–Crippen MR) is 45.7 cm³/mol. The third-order valence-electron chi connectivity index (χ3n) is 1.33. The van der Waals surface area contributed by atoms with Crippen LogP contribution >= 0.6 is 0 Å². The van der Waals surface area contributed by atoms with Crippen molar-refractivity contribution in [2.75, 3.05) is 20.1 Å². The third kappa shape index (κ3) is 5.45. The van der Waals surface area contributed by atoms with Gasteiger partial charge >= 0.3 is 0 Å². The van der Waals surface area contributed by atoms with Gasteiger partial charge in [0.2, 0.25) is 0 Å². The topological polar surface area (TPSA) is 27.0 Å². The van der Waals surface area contributed by atoms with Gasteiger partial charge in [0, 0.05) is 6.54 Å². The second kappa shape index (κ2) is 5.77. The van der Waals surface area contributed by atoms with Crippen LogP contribution in [0.5, 0.6) is 0 Å². The van der Waals surface area contributed by atoms with Gasteiger partial charge in [-0.25, -0.2) is 0 Å². The van der Waals surface area contributed by atoms with Crippen LogP contribution in [0.3, 0.4) is 0 Å². The molecule has 1 unspecified atom stereocenters. The molecule has 0 fully saturated rings. The molecule has 0 aliphatic carbocycles. The summed E-state index contributed by atoms with van der Waals surface area (Å²) in [5.41, 5.74) is 0. The van der Waals surface area contributed by atoms with Gasteiger partial charge in [0.05, 0.1) is 18.5 Å². The Morgan fingerprint density at radius 2 is 2.18 bits per heavy atom. The summed E-state index contributed by atoms with van der Waals surface area (Å²) < 4.78 is 0. The maximum absolute atomic E-state index is 8.50. The molecule has 0 aromatic rings. The van der Waals surface area contributed by atoms with Gasteiger partial charge in [-0.1, -0.05) is 5.92 Å². The molecule has 0 amide bonds. The van der Waals surface area contributed by atoms with Crippen molar-refractivity contribution in [2.24, 2.45) is 5.92 Å². The molecule has 60 valence electrons. The van der Waals surface area contributed by atoms with Crippen LogP contribution in [0.25, 0.3) is 0 Å². The van der Waals surface area contributed by atoms with Gasteiger partial charge in [-0.15, -0.1) is 5.92 Å². The first-order valence-electron chi connectivity index (χ1n) is 3.68. The molecule has 2 nitrogen and oxygen atoms in total. The normalized spacial score (nSPS) is 11.5. The Morgan fingerprint density at radius 3 is 2.64 bits per heavy atom. The van der Waals surface area contributed by atoms with Gasteiger partial charge in [0.25, 0.3) is 0 Å². The highest BCUT2D eigenvalue weighted by Gasteiger charge is 2.02. The Kier molecular flexibility index (Phi) is 5.25. The summed E-state index contributed by atoms with van der Waals surface area (Å²) in [6.45, 7) is 5.28. The Morgan fingerprint density at radius 1 is 1.55 bits per heavy atom. The second-order valence-corrected chi connectivity index (χ2v) is 2.65. The lowest BCUT2D eigenvalue weighted by atomic mass is 10.2. The largest absolute Gasteiger partial charge is 0.294 e. The predicted octanol–water partition coefficient (Wildman–Crippen LogP) is 1.10. The van der Waals surface area contributed by atoms with Crippen LogP contribution in [0, 0.1) is 29.1 Å². The van der Waals surface area contributed by atoms with Gasteiger partial charge in [-0.2, -0.15) is 5.26 Å². The molecule has 11 heavy (non-hydrogen) atoms. The van der Waals surface area contributed by atoms with Crippen molar-refractivity contribution < 1.29 is 0 Å². The van der Waals surface area contributed by atoms with Crippen LogP contribution in [0.2, 0.25) is 0 Å². The van der Waals surface area contributed by atoms with E-state index in [1.165, 1.54) is 0 Å². The number of rotatable bonds is 3. The summed E-state index contributed by atoms with van der Waals surface area (Å²) in [5.74, 6) is 5.86. The van der Waals surface area contributed by atoms with Crippen molar-refractivity contribution in [3.8, 4) is 17.9 Å². The molecule has 0 rings (SSSR count). The van der Waals surface area contributed by atoms with E-state index in [1.807, 2.05) is 25.8 Å². The summed E-state index contributed by atoms with van der Waals surface area (Å²) in [5, 5.41) is 8.50. The third-order valence-corrected chi connectivity index (χ3v) is 1.33. The minimum Gasteiger partial charge on any atom is -0.294 e. The van der Waals surface area contributed by atoms with Crippen LogP contribution in [0.4, 0.5) is 0 Å². The van der Waals surface area contributed by atoms with E-state index in [0.29, 0.717) is 0 Å². The lowest BCUT2D eigenvalue weighted by molar-refractivity contribution is 0.346. The molecule has 0 aromatic heterocycles. The SMILES string of the molecule is CC#CCN(C)CC(C)C#N. The molecule has 0 spiro atoms. The van der Waals surface area contributed by atoms with Crippen molar-refractivity contribution >= 4 is 0 Å². The molecule has 0 bridgehead atoms. The maximum Gasteiger partial charge on any atom is 0.0666 e. The highest BCUT2D eigenvalue weighted by molar-refractivity contribution is 4.97. The lowest BCUT2D eigenvalue weighted by Crippen LogP contribution is -2.23. The average molecular weight is 150 g/mol. The van der Waals surface area contributed by atoms with Gasteiger partial charge in [0.15, 0.2) is 0 Å². The standard InChI is InChI=1S/C9H14N2/c1-4-5-6-11(3)8-9(2)7-10/h9H,6,8H2,1-3H3. The van der Waals surface area contributed by atoms with E-state index in [0.717, 1.165) is 13.1 Å². The molecular weight excluding hydrogens is 136 g/mol. The molecule has 0 aromatic carbocycles. The lowest BCUT2D eigenvalue weighted by Gasteiger charge is -2.13. The molecule has 0 saturated carbocycles. The van der Waals surface area contributed by atoms with Gasteiger partial charge in [-0.3, -0.25) is 4.90 Å². The zero-order chi connectivity index (χ0) is 8.69. The highest BCUT2D eigenvalue weighted by atomic mass is 15.1. The van der Waals surface area contributed by atoms with Crippen molar-refractivity contribution in [1.82, 2.24) is 4.90 Å². The molecule has 0 aliphatic rings. The first kappa shape index (κ1) is 10.0. The molecule has 0 saturated heterocycles. The van der Waals surface area contributed by atoms with E-state index < -0.39 is 0 Å². The molecule has 0 heterocycles. The Bertz CT molecular complexity index is 192. The van der Waals surface area contributed by atoms with Crippen LogP contribution in [0.1, 0.15) is 13.8 Å². The van der Waals surface area contributed by atoms with Gasteiger partial charge < -0.3 is 0 Å². The summed E-state index contributed by atoms with van der Waals surface area (Å²) in [6, 6.07) is 2.18. The molecule has 1 atom stereocenters. The average Bonchev–Trinajstić information content (AvgIpc) is 2.00. The van der Waals surface area contributed by atoms with Crippen LogP contribution in [0.15, 0.2) is 0 Å². The molecule has 0 aliphatic heterocycles. The van der Waals surface area contributed by atoms with Gasteiger partial charge in [0.1, 0.15) is 0 Å². The first-order valence-corrected chi connectivity index (χ1v) is 3.68. The Labute approximate surface area is 68.8 Å². The van der Waals surface area contributed by atoms with Crippen molar-refractivity contribution in [2.45, 2.75) is 13.8 Å². The summed E-state index contributed by atoms with van der Waals surface area (Å²) in [6.07, 6.45) is 0. The van der Waals surface area contributed by atoms with Crippen molar-refractivity contribution in [3.05, 3.63) is 0 Å². The monoisotopic (exact) mass is 150 g/mol. The van der Waals surface area contributed by atoms with Crippen LogP contribution in [-0.4, -0.2) is 25.0 Å². The fourth-order valence-electron chi connectivity index (χ4n) is 0.787. The second-order valence-electron chi connectivity index (χ2n) is 2.65. The van der Waals surface area contributed by atoms with E-state index in [-0.39, 0.29) is 5.92 Å². The summed E-state index contributed by atoms with van der Waals surface area (Å²) in [4.78, 5) is 2.05. The fraction of sp³-hybridized carbons (Fsp3) is 0.667. The van der Waals surface area contributed by atoms with E-state index in [2.05, 4.69) is 17.9 Å². The zero-order valence-corrected chi connectivity index (χ0v) is 7.39. The van der Waals surface area contributed by atoms with E-state index >= 15 is 0 Å². The van der Waals surface area contributed by atoms with Crippen molar-refractivity contribution in [3.63, 3.8) is 0 Å². The van der Waals surface area contributed by atoms with Crippen LogP contribution < -0.4 is 0 Å². The Hall–Kier alpha value is -0.990. The van der Waals surface area contributed by atoms with E-state index in [4.69, 9.17) is 5.26 Å². The fourth-order valence-corrected chi connectivity index (χ4v) is 0.787. The summed E-state index contributed by atoms with van der Waals surface area (Å²) >= 11 is 0. The minimum atomic E-state index is 0.0960. The van der Waals surface area contributed by atoms with E-state index in [1.54, 1.807) is 0 Å². The Balaban J connectivity index is 3.59. The van der Waals surface area contributed by atoms with Gasteiger partial charge in [-0.05, 0) is 20.9 Å². The molecular formula is C9H14N2.